The summed E-state index contributed by atoms with van der Waals surface area (Å²) in [7, 11) is 0. The Balaban J connectivity index is 4.01. The quantitative estimate of drug-likeness (QED) is 0.484. The Labute approximate surface area is 68.6 Å². The lowest BCUT2D eigenvalue weighted by atomic mass is 9.85. The first-order valence-electron chi connectivity index (χ1n) is 3.46. The van der Waals surface area contributed by atoms with Gasteiger partial charge in [-0.2, -0.15) is 12.6 Å². The highest BCUT2D eigenvalue weighted by Gasteiger charge is 2.25. The summed E-state index contributed by atoms with van der Waals surface area (Å²) >= 11 is 4.21. The Hall–Kier alpha value is 0.0200. The maximum atomic E-state index is 10.4. The average molecular weight is 160 g/mol. The first-order chi connectivity index (χ1) is 4.27. The number of hydrogen-bond donors (Lipinski definition) is 1. The van der Waals surface area contributed by atoms with Crippen molar-refractivity contribution in [1.82, 2.24) is 0 Å². The summed E-state index contributed by atoms with van der Waals surface area (Å²) in [6, 6.07) is 0. The summed E-state index contributed by atoms with van der Waals surface area (Å²) in [4.78, 5) is 10.4. The Morgan fingerprint density at radius 3 is 1.80 bits per heavy atom. The molecule has 0 spiro atoms. The van der Waals surface area contributed by atoms with E-state index in [9.17, 15) is 4.79 Å². The van der Waals surface area contributed by atoms with Gasteiger partial charge in [0.1, 0.15) is 6.29 Å². The normalized spacial score (nSPS) is 18.1. The third kappa shape index (κ3) is 4.86. The molecule has 0 N–H and O–H groups in total. The number of carbonyl (C=O) groups excluding carboxylic acids is 1. The molecule has 10 heavy (non-hydrogen) atoms. The fourth-order valence-electron chi connectivity index (χ4n) is 1.12. The molecule has 0 aromatic carbocycles. The molecule has 0 amide bonds. The van der Waals surface area contributed by atoms with Gasteiger partial charge in [-0.25, -0.2) is 0 Å². The van der Waals surface area contributed by atoms with Crippen molar-refractivity contribution >= 4 is 18.9 Å². The smallest absolute Gasteiger partial charge is 0.135 e. The van der Waals surface area contributed by atoms with Crippen molar-refractivity contribution in [2.45, 2.75) is 38.9 Å². The van der Waals surface area contributed by atoms with Crippen LogP contribution in [0, 0.1) is 5.41 Å². The van der Waals surface area contributed by atoms with Crippen molar-refractivity contribution < 1.29 is 4.79 Å². The second-order valence-corrected chi connectivity index (χ2v) is 5.23. The van der Waals surface area contributed by atoms with Gasteiger partial charge < -0.3 is 4.79 Å². The number of thiol groups is 1. The van der Waals surface area contributed by atoms with Gasteiger partial charge in [-0.05, 0) is 18.8 Å². The van der Waals surface area contributed by atoms with E-state index in [-0.39, 0.29) is 5.41 Å². The summed E-state index contributed by atoms with van der Waals surface area (Å²) in [6.07, 6.45) is 1.72. The lowest BCUT2D eigenvalue weighted by Crippen LogP contribution is -2.25. The van der Waals surface area contributed by atoms with Crippen LogP contribution >= 0.6 is 12.6 Å². The molecule has 1 unspecified atom stereocenters. The summed E-state index contributed by atoms with van der Waals surface area (Å²) in [5, 5.41) is 0. The minimum Gasteiger partial charge on any atom is -0.302 e. The lowest BCUT2D eigenvalue weighted by molar-refractivity contribution is -0.110. The minimum atomic E-state index is -0.460. The largest absolute Gasteiger partial charge is 0.302 e. The number of carbonyl (C=O) groups is 1. The van der Waals surface area contributed by atoms with Crippen molar-refractivity contribution in [3.63, 3.8) is 0 Å². The Morgan fingerprint density at radius 1 is 1.30 bits per heavy atom. The molecule has 0 saturated carbocycles. The average Bonchev–Trinajstić information content (AvgIpc) is 1.60. The first kappa shape index (κ1) is 10.0. The van der Waals surface area contributed by atoms with Gasteiger partial charge in [0.25, 0.3) is 0 Å². The highest BCUT2D eigenvalue weighted by atomic mass is 32.1. The monoisotopic (exact) mass is 160 g/mol. The predicted octanol–water partition coefficient (Wildman–Crippen LogP) is 2.31. The molecule has 0 aromatic rings. The molecule has 1 atom stereocenters. The van der Waals surface area contributed by atoms with Crippen LogP contribution in [0.25, 0.3) is 0 Å². The van der Waals surface area contributed by atoms with Crippen LogP contribution in [-0.2, 0) is 4.79 Å². The molecule has 0 aromatic heterocycles. The summed E-state index contributed by atoms with van der Waals surface area (Å²) in [5.74, 6) is 0. The SMILES string of the molecule is CC(C)(C)CC(C)(S)C=O. The van der Waals surface area contributed by atoms with Crippen LogP contribution in [0.3, 0.4) is 0 Å². The molecule has 0 aliphatic heterocycles. The minimum absolute atomic E-state index is 0.178. The van der Waals surface area contributed by atoms with E-state index in [1.807, 2.05) is 6.92 Å². The van der Waals surface area contributed by atoms with Crippen molar-refractivity contribution in [3.05, 3.63) is 0 Å². The second-order valence-electron chi connectivity index (χ2n) is 4.21. The molecule has 0 aliphatic rings. The van der Waals surface area contributed by atoms with E-state index in [1.165, 1.54) is 0 Å². The van der Waals surface area contributed by atoms with E-state index in [2.05, 4.69) is 33.4 Å². The Kier molecular flexibility index (Phi) is 2.96. The topological polar surface area (TPSA) is 17.1 Å². The van der Waals surface area contributed by atoms with Crippen LogP contribution in [0.5, 0.6) is 0 Å². The van der Waals surface area contributed by atoms with Gasteiger partial charge in [-0.15, -0.1) is 0 Å². The fraction of sp³-hybridized carbons (Fsp3) is 0.875. The van der Waals surface area contributed by atoms with Crippen molar-refractivity contribution in [2.24, 2.45) is 5.41 Å². The molecule has 0 heterocycles. The molecule has 60 valence electrons. The van der Waals surface area contributed by atoms with Gasteiger partial charge in [0, 0.05) is 0 Å². The summed E-state index contributed by atoms with van der Waals surface area (Å²) < 4.78 is -0.460. The molecular formula is C8H16OS. The fourth-order valence-corrected chi connectivity index (χ4v) is 1.59. The molecule has 0 radical (unpaired) electrons. The summed E-state index contributed by atoms with van der Waals surface area (Å²) in [6.45, 7) is 8.15. The highest BCUT2D eigenvalue weighted by Crippen LogP contribution is 2.29. The number of aldehydes is 1. The second kappa shape index (κ2) is 2.95. The third-order valence-electron chi connectivity index (χ3n) is 1.14. The molecule has 0 rings (SSSR count). The maximum Gasteiger partial charge on any atom is 0.135 e. The molecule has 0 aliphatic carbocycles. The molecule has 0 saturated heterocycles. The van der Waals surface area contributed by atoms with E-state index in [0.29, 0.717) is 0 Å². The van der Waals surface area contributed by atoms with E-state index in [1.54, 1.807) is 0 Å². The zero-order valence-corrected chi connectivity index (χ0v) is 8.03. The highest BCUT2D eigenvalue weighted by molar-refractivity contribution is 7.82. The molecule has 1 nitrogen and oxygen atoms in total. The Bertz CT molecular complexity index is 122. The standard InChI is InChI=1S/C8H16OS/c1-7(2,3)5-8(4,10)6-9/h6,10H,5H2,1-4H3. The van der Waals surface area contributed by atoms with Gasteiger partial charge >= 0.3 is 0 Å². The predicted molar refractivity (Wildman–Crippen MR) is 47.5 cm³/mol. The van der Waals surface area contributed by atoms with Crippen molar-refractivity contribution in [3.8, 4) is 0 Å². The van der Waals surface area contributed by atoms with Crippen LogP contribution in [0.4, 0.5) is 0 Å². The van der Waals surface area contributed by atoms with Crippen LogP contribution in [-0.4, -0.2) is 11.0 Å². The summed E-state index contributed by atoms with van der Waals surface area (Å²) in [5.41, 5.74) is 0.178. The lowest BCUT2D eigenvalue weighted by Gasteiger charge is -2.26. The number of hydrogen-bond acceptors (Lipinski definition) is 2. The zero-order chi connectivity index (χ0) is 8.41. The molecule has 0 bridgehead atoms. The van der Waals surface area contributed by atoms with E-state index >= 15 is 0 Å². The van der Waals surface area contributed by atoms with E-state index in [0.717, 1.165) is 12.7 Å². The van der Waals surface area contributed by atoms with Crippen LogP contribution in [0.15, 0.2) is 0 Å². The van der Waals surface area contributed by atoms with Crippen molar-refractivity contribution in [1.29, 1.82) is 0 Å². The van der Waals surface area contributed by atoms with Crippen LogP contribution in [0.1, 0.15) is 34.1 Å². The molecule has 0 fully saturated rings. The van der Waals surface area contributed by atoms with E-state index < -0.39 is 4.75 Å². The molecular weight excluding hydrogens is 144 g/mol. The van der Waals surface area contributed by atoms with Gasteiger partial charge in [-0.3, -0.25) is 0 Å². The van der Waals surface area contributed by atoms with Gasteiger partial charge in [-0.1, -0.05) is 20.8 Å². The van der Waals surface area contributed by atoms with Gasteiger partial charge in [0.15, 0.2) is 0 Å². The Morgan fingerprint density at radius 2 is 1.70 bits per heavy atom. The molecule has 2 heteroatoms. The number of rotatable bonds is 2. The van der Waals surface area contributed by atoms with Crippen LogP contribution < -0.4 is 0 Å². The van der Waals surface area contributed by atoms with Gasteiger partial charge in [0.05, 0.1) is 4.75 Å². The van der Waals surface area contributed by atoms with Crippen LogP contribution in [0.2, 0.25) is 0 Å². The van der Waals surface area contributed by atoms with Gasteiger partial charge in [0.2, 0.25) is 0 Å². The maximum absolute atomic E-state index is 10.4. The van der Waals surface area contributed by atoms with Crippen molar-refractivity contribution in [2.75, 3.05) is 0 Å². The first-order valence-corrected chi connectivity index (χ1v) is 3.90. The zero-order valence-electron chi connectivity index (χ0n) is 7.14. The van der Waals surface area contributed by atoms with E-state index in [4.69, 9.17) is 0 Å². The third-order valence-corrected chi connectivity index (χ3v) is 1.41.